The van der Waals surface area contributed by atoms with Crippen LogP contribution in [-0.4, -0.2) is 29.7 Å². The first kappa shape index (κ1) is 16.2. The van der Waals surface area contributed by atoms with Crippen molar-refractivity contribution in [3.63, 3.8) is 0 Å². The Labute approximate surface area is 128 Å². The van der Waals surface area contributed by atoms with E-state index in [2.05, 4.69) is 28.6 Å². The van der Waals surface area contributed by atoms with Gasteiger partial charge >= 0.3 is 0 Å². The average molecular weight is 291 g/mol. The van der Waals surface area contributed by atoms with E-state index in [4.69, 9.17) is 4.74 Å². The minimum atomic E-state index is 0.155. The van der Waals surface area contributed by atoms with Crippen molar-refractivity contribution in [2.24, 2.45) is 0 Å². The van der Waals surface area contributed by atoms with Gasteiger partial charge in [0.25, 0.3) is 0 Å². The zero-order chi connectivity index (χ0) is 15.1. The van der Waals surface area contributed by atoms with Gasteiger partial charge in [-0.3, -0.25) is 0 Å². The summed E-state index contributed by atoms with van der Waals surface area (Å²) >= 11 is 0. The summed E-state index contributed by atoms with van der Waals surface area (Å²) in [6.45, 7) is 8.30. The van der Waals surface area contributed by atoms with Crippen molar-refractivity contribution in [2.45, 2.75) is 71.2 Å². The molecule has 4 nitrogen and oxygen atoms in total. The van der Waals surface area contributed by atoms with E-state index >= 15 is 0 Å². The molecule has 118 valence electrons. The molecule has 21 heavy (non-hydrogen) atoms. The van der Waals surface area contributed by atoms with Crippen LogP contribution in [0.3, 0.4) is 0 Å². The van der Waals surface area contributed by atoms with Crippen LogP contribution in [0, 0.1) is 0 Å². The summed E-state index contributed by atoms with van der Waals surface area (Å²) in [4.78, 5) is 4.34. The van der Waals surface area contributed by atoms with Gasteiger partial charge in [0, 0.05) is 30.4 Å². The molecule has 2 rings (SSSR count). The minimum Gasteiger partial charge on any atom is -0.475 e. The molecule has 2 N–H and O–H groups in total. The van der Waals surface area contributed by atoms with Crippen LogP contribution in [0.15, 0.2) is 18.3 Å². The molecule has 1 aromatic rings. The van der Waals surface area contributed by atoms with E-state index in [1.165, 1.54) is 32.2 Å². The second kappa shape index (κ2) is 8.35. The summed E-state index contributed by atoms with van der Waals surface area (Å²) in [7, 11) is 0. The fourth-order valence-corrected chi connectivity index (χ4v) is 2.81. The standard InChI is InChI=1S/C17H29N3O/c1-13(2)21-17-15(7-6-10-19-17)12-20-14(3)11-16-8-4-5-9-18-16/h6-7,10,13-14,16,18,20H,4-5,8-9,11-12H2,1-3H3. The molecule has 1 aliphatic heterocycles. The zero-order valence-corrected chi connectivity index (χ0v) is 13.6. The van der Waals surface area contributed by atoms with Gasteiger partial charge in [-0.15, -0.1) is 0 Å². The summed E-state index contributed by atoms with van der Waals surface area (Å²) < 4.78 is 5.76. The molecule has 0 saturated carbocycles. The Morgan fingerprint density at radius 3 is 2.95 bits per heavy atom. The topological polar surface area (TPSA) is 46.2 Å². The molecule has 0 amide bonds. The highest BCUT2D eigenvalue weighted by atomic mass is 16.5. The van der Waals surface area contributed by atoms with Gasteiger partial charge in [-0.2, -0.15) is 0 Å². The lowest BCUT2D eigenvalue weighted by Crippen LogP contribution is -2.39. The number of nitrogens with zero attached hydrogens (tertiary/aromatic N) is 1. The molecule has 1 fully saturated rings. The second-order valence-electron chi connectivity index (χ2n) is 6.30. The van der Waals surface area contributed by atoms with Crippen LogP contribution in [0.25, 0.3) is 0 Å². The number of hydrogen-bond donors (Lipinski definition) is 2. The van der Waals surface area contributed by atoms with Crippen molar-refractivity contribution < 1.29 is 4.74 Å². The molecule has 4 heteroatoms. The summed E-state index contributed by atoms with van der Waals surface area (Å²) in [6.07, 6.45) is 7.11. The molecule has 1 aliphatic rings. The lowest BCUT2D eigenvalue weighted by atomic mass is 9.99. The first-order valence-corrected chi connectivity index (χ1v) is 8.22. The molecule has 1 saturated heterocycles. The summed E-state index contributed by atoms with van der Waals surface area (Å²) in [5.74, 6) is 0.753. The molecule has 2 atom stereocenters. The van der Waals surface area contributed by atoms with Crippen molar-refractivity contribution in [3.05, 3.63) is 23.9 Å². The van der Waals surface area contributed by atoms with Gasteiger partial charge in [0.05, 0.1) is 6.10 Å². The predicted molar refractivity (Wildman–Crippen MR) is 86.6 cm³/mol. The van der Waals surface area contributed by atoms with Crippen LogP contribution < -0.4 is 15.4 Å². The summed E-state index contributed by atoms with van der Waals surface area (Å²) in [5.41, 5.74) is 1.13. The Balaban J connectivity index is 1.81. The molecule has 0 radical (unpaired) electrons. The maximum absolute atomic E-state index is 5.76. The number of nitrogens with one attached hydrogen (secondary N) is 2. The lowest BCUT2D eigenvalue weighted by molar-refractivity contribution is 0.229. The number of ether oxygens (including phenoxy) is 1. The molecule has 2 unspecified atom stereocenters. The van der Waals surface area contributed by atoms with Crippen LogP contribution >= 0.6 is 0 Å². The van der Waals surface area contributed by atoms with E-state index in [1.54, 1.807) is 6.20 Å². The molecular weight excluding hydrogens is 262 g/mol. The third-order valence-corrected chi connectivity index (χ3v) is 3.89. The molecule has 0 spiro atoms. The Morgan fingerprint density at radius 2 is 2.24 bits per heavy atom. The van der Waals surface area contributed by atoms with E-state index in [0.717, 1.165) is 18.0 Å². The molecule has 0 aromatic carbocycles. The third kappa shape index (κ3) is 5.64. The van der Waals surface area contributed by atoms with Gasteiger partial charge in [0.2, 0.25) is 5.88 Å². The molecule has 2 heterocycles. The van der Waals surface area contributed by atoms with Gasteiger partial charge in [-0.25, -0.2) is 4.98 Å². The predicted octanol–water partition coefficient (Wildman–Crippen LogP) is 2.88. The van der Waals surface area contributed by atoms with Crippen molar-refractivity contribution in [2.75, 3.05) is 6.54 Å². The first-order valence-electron chi connectivity index (χ1n) is 8.22. The first-order chi connectivity index (χ1) is 10.1. The van der Waals surface area contributed by atoms with E-state index in [1.807, 2.05) is 19.9 Å². The van der Waals surface area contributed by atoms with Crippen LogP contribution in [0.2, 0.25) is 0 Å². The maximum atomic E-state index is 5.76. The van der Waals surface area contributed by atoms with Crippen LogP contribution in [0.4, 0.5) is 0 Å². The molecule has 0 bridgehead atoms. The van der Waals surface area contributed by atoms with Crippen LogP contribution in [0.1, 0.15) is 52.0 Å². The quantitative estimate of drug-likeness (QED) is 0.811. The SMILES string of the molecule is CC(CC1CCCCN1)NCc1cccnc1OC(C)C. The highest BCUT2D eigenvalue weighted by Gasteiger charge is 2.16. The van der Waals surface area contributed by atoms with Gasteiger partial charge in [-0.1, -0.05) is 12.5 Å². The highest BCUT2D eigenvalue weighted by molar-refractivity contribution is 5.25. The largest absolute Gasteiger partial charge is 0.475 e. The van der Waals surface area contributed by atoms with Gasteiger partial charge in [0.15, 0.2) is 0 Å². The average Bonchev–Trinajstić information content (AvgIpc) is 2.47. The minimum absolute atomic E-state index is 0.155. The summed E-state index contributed by atoms with van der Waals surface area (Å²) in [5, 5.41) is 7.21. The van der Waals surface area contributed by atoms with Crippen LogP contribution in [0.5, 0.6) is 5.88 Å². The summed E-state index contributed by atoms with van der Waals surface area (Å²) in [6, 6.07) is 5.22. The Kier molecular flexibility index (Phi) is 6.46. The van der Waals surface area contributed by atoms with Crippen molar-refractivity contribution in [3.8, 4) is 5.88 Å². The number of piperidine rings is 1. The lowest BCUT2D eigenvalue weighted by Gasteiger charge is -2.26. The zero-order valence-electron chi connectivity index (χ0n) is 13.6. The number of hydrogen-bond acceptors (Lipinski definition) is 4. The number of rotatable bonds is 7. The molecular formula is C17H29N3O. The van der Waals surface area contributed by atoms with E-state index in [-0.39, 0.29) is 6.10 Å². The van der Waals surface area contributed by atoms with Gasteiger partial charge < -0.3 is 15.4 Å². The van der Waals surface area contributed by atoms with Crippen LogP contribution in [-0.2, 0) is 6.54 Å². The second-order valence-corrected chi connectivity index (χ2v) is 6.30. The van der Waals surface area contributed by atoms with Gasteiger partial charge in [-0.05, 0) is 52.6 Å². The third-order valence-electron chi connectivity index (χ3n) is 3.89. The van der Waals surface area contributed by atoms with Crippen molar-refractivity contribution >= 4 is 0 Å². The maximum Gasteiger partial charge on any atom is 0.218 e. The van der Waals surface area contributed by atoms with Crippen molar-refractivity contribution in [1.29, 1.82) is 0 Å². The van der Waals surface area contributed by atoms with E-state index in [9.17, 15) is 0 Å². The Hall–Kier alpha value is -1.13. The number of pyridine rings is 1. The Bertz CT molecular complexity index is 416. The van der Waals surface area contributed by atoms with Crippen molar-refractivity contribution in [1.82, 2.24) is 15.6 Å². The van der Waals surface area contributed by atoms with E-state index in [0.29, 0.717) is 12.1 Å². The van der Waals surface area contributed by atoms with E-state index < -0.39 is 0 Å². The Morgan fingerprint density at radius 1 is 1.38 bits per heavy atom. The highest BCUT2D eigenvalue weighted by Crippen LogP contribution is 2.17. The smallest absolute Gasteiger partial charge is 0.218 e. The fourth-order valence-electron chi connectivity index (χ4n) is 2.81. The fraction of sp³-hybridized carbons (Fsp3) is 0.706. The normalized spacial score (nSPS) is 20.5. The molecule has 1 aromatic heterocycles. The van der Waals surface area contributed by atoms with Gasteiger partial charge in [0.1, 0.15) is 0 Å². The monoisotopic (exact) mass is 291 g/mol. The number of aromatic nitrogens is 1. The molecule has 0 aliphatic carbocycles.